The lowest BCUT2D eigenvalue weighted by atomic mass is 10.0. The van der Waals surface area contributed by atoms with Gasteiger partial charge >= 0.3 is 0 Å². The van der Waals surface area contributed by atoms with Crippen molar-refractivity contribution in [3.05, 3.63) is 29.3 Å². The van der Waals surface area contributed by atoms with Crippen LogP contribution in [0.3, 0.4) is 0 Å². The second-order valence-corrected chi connectivity index (χ2v) is 6.19. The van der Waals surface area contributed by atoms with Gasteiger partial charge in [0, 0.05) is 36.4 Å². The highest BCUT2D eigenvalue weighted by molar-refractivity contribution is 6.00. The summed E-state index contributed by atoms with van der Waals surface area (Å²) >= 11 is 0. The molecule has 0 amide bonds. The second-order valence-electron chi connectivity index (χ2n) is 6.19. The fourth-order valence-electron chi connectivity index (χ4n) is 3.69. The van der Waals surface area contributed by atoms with E-state index in [1.165, 1.54) is 12.8 Å². The van der Waals surface area contributed by atoms with Gasteiger partial charge in [0.1, 0.15) is 0 Å². The third-order valence-electron chi connectivity index (χ3n) is 5.00. The molecule has 1 aromatic rings. The van der Waals surface area contributed by atoms with E-state index in [1.54, 1.807) is 19.1 Å². The number of rotatable bonds is 2. The Morgan fingerprint density at radius 3 is 2.76 bits per heavy atom. The van der Waals surface area contributed by atoms with Crippen molar-refractivity contribution in [2.75, 3.05) is 25.0 Å². The molecule has 2 atom stereocenters. The molecule has 0 spiro atoms. The highest BCUT2D eigenvalue weighted by atomic mass is 16.1. The van der Waals surface area contributed by atoms with E-state index in [-0.39, 0.29) is 5.78 Å². The van der Waals surface area contributed by atoms with Crippen LogP contribution >= 0.6 is 0 Å². The lowest BCUT2D eigenvalue weighted by Gasteiger charge is -2.29. The van der Waals surface area contributed by atoms with Crippen molar-refractivity contribution in [1.29, 1.82) is 5.26 Å². The number of hydrogen-bond donors (Lipinski definition) is 0. The number of carbonyl (C=O) groups excluding carboxylic acids is 1. The number of likely N-dealkylation sites (N-methyl/N-ethyl adjacent to an activating group) is 1. The third-order valence-corrected chi connectivity index (χ3v) is 5.00. The lowest BCUT2D eigenvalue weighted by molar-refractivity contribution is 0.101. The zero-order valence-electron chi connectivity index (χ0n) is 12.7. The fourth-order valence-corrected chi connectivity index (χ4v) is 3.69. The van der Waals surface area contributed by atoms with Crippen LogP contribution in [-0.4, -0.2) is 42.9 Å². The minimum Gasteiger partial charge on any atom is -0.369 e. The van der Waals surface area contributed by atoms with Crippen LogP contribution in [0.2, 0.25) is 0 Å². The summed E-state index contributed by atoms with van der Waals surface area (Å²) in [5.74, 6) is 0.0669. The summed E-state index contributed by atoms with van der Waals surface area (Å²) in [4.78, 5) is 16.7. The van der Waals surface area contributed by atoms with Crippen LogP contribution in [0.5, 0.6) is 0 Å². The fraction of sp³-hybridized carbons (Fsp3) is 0.529. The molecule has 2 heterocycles. The molecule has 21 heavy (non-hydrogen) atoms. The molecule has 4 heteroatoms. The maximum atomic E-state index is 11.9. The highest BCUT2D eigenvalue weighted by Gasteiger charge is 2.35. The van der Waals surface area contributed by atoms with Crippen molar-refractivity contribution >= 4 is 11.5 Å². The number of Topliss-reactive ketones (excluding diaryl/α,β-unsaturated/α-hetero) is 1. The topological polar surface area (TPSA) is 47.3 Å². The number of nitrogens with zero attached hydrogens (tertiary/aromatic N) is 3. The minimum atomic E-state index is 0.0669. The Morgan fingerprint density at radius 1 is 1.29 bits per heavy atom. The summed E-state index contributed by atoms with van der Waals surface area (Å²) < 4.78 is 0. The van der Waals surface area contributed by atoms with E-state index in [2.05, 4.69) is 22.9 Å². The average Bonchev–Trinajstić information content (AvgIpc) is 2.71. The molecule has 0 radical (unpaired) electrons. The van der Waals surface area contributed by atoms with Crippen LogP contribution in [0.15, 0.2) is 18.2 Å². The maximum Gasteiger partial charge on any atom is 0.161 e. The van der Waals surface area contributed by atoms with Crippen LogP contribution in [0.1, 0.15) is 42.1 Å². The van der Waals surface area contributed by atoms with Crippen molar-refractivity contribution in [2.45, 2.75) is 38.3 Å². The van der Waals surface area contributed by atoms with Gasteiger partial charge < -0.3 is 4.90 Å². The van der Waals surface area contributed by atoms with Crippen molar-refractivity contribution in [3.8, 4) is 6.07 Å². The average molecular weight is 283 g/mol. The summed E-state index contributed by atoms with van der Waals surface area (Å²) in [7, 11) is 2.21. The van der Waals surface area contributed by atoms with Crippen LogP contribution in [-0.2, 0) is 0 Å². The SMILES string of the molecule is CC(=O)c1ccc(C#N)cc1N1CCC2CCC(C1)N2C. The smallest absolute Gasteiger partial charge is 0.161 e. The Balaban J connectivity index is 1.96. The molecule has 2 aliphatic heterocycles. The number of hydrogen-bond acceptors (Lipinski definition) is 4. The maximum absolute atomic E-state index is 11.9. The number of nitriles is 1. The molecule has 0 saturated carbocycles. The number of ketones is 1. The van der Waals surface area contributed by atoms with Gasteiger partial charge in [0.15, 0.2) is 5.78 Å². The van der Waals surface area contributed by atoms with Gasteiger partial charge in [-0.2, -0.15) is 5.26 Å². The molecule has 0 aliphatic carbocycles. The number of carbonyl (C=O) groups is 1. The van der Waals surface area contributed by atoms with Crippen molar-refractivity contribution in [2.24, 2.45) is 0 Å². The van der Waals surface area contributed by atoms with E-state index in [9.17, 15) is 4.79 Å². The first-order chi connectivity index (χ1) is 10.1. The summed E-state index contributed by atoms with van der Waals surface area (Å²) in [6.45, 7) is 3.50. The van der Waals surface area contributed by atoms with Gasteiger partial charge in [-0.3, -0.25) is 9.69 Å². The lowest BCUT2D eigenvalue weighted by Crippen LogP contribution is -2.37. The number of anilines is 1. The quantitative estimate of drug-likeness (QED) is 0.782. The predicted octanol–water partition coefficient (Wildman–Crippen LogP) is 2.43. The summed E-state index contributed by atoms with van der Waals surface area (Å²) in [5.41, 5.74) is 2.29. The molecule has 0 N–H and O–H groups in total. The molecule has 1 aromatic carbocycles. The van der Waals surface area contributed by atoms with Crippen LogP contribution < -0.4 is 4.90 Å². The molecule has 4 nitrogen and oxygen atoms in total. The highest BCUT2D eigenvalue weighted by Crippen LogP contribution is 2.32. The van der Waals surface area contributed by atoms with Gasteiger partial charge in [0.05, 0.1) is 11.6 Å². The Morgan fingerprint density at radius 2 is 2.05 bits per heavy atom. The monoisotopic (exact) mass is 283 g/mol. The number of benzene rings is 1. The Hall–Kier alpha value is -1.86. The first-order valence-electron chi connectivity index (χ1n) is 7.62. The molecule has 2 fully saturated rings. The molecular weight excluding hydrogens is 262 g/mol. The third kappa shape index (κ3) is 2.54. The van der Waals surface area contributed by atoms with E-state index >= 15 is 0 Å². The predicted molar refractivity (Wildman–Crippen MR) is 82.6 cm³/mol. The van der Waals surface area contributed by atoms with Gasteiger partial charge in [0.2, 0.25) is 0 Å². The van der Waals surface area contributed by atoms with Gasteiger partial charge in [0.25, 0.3) is 0 Å². The largest absolute Gasteiger partial charge is 0.369 e. The van der Waals surface area contributed by atoms with E-state index in [1.807, 2.05) is 6.07 Å². The van der Waals surface area contributed by atoms with Gasteiger partial charge in [-0.1, -0.05) is 0 Å². The van der Waals surface area contributed by atoms with Crippen LogP contribution in [0, 0.1) is 11.3 Å². The Bertz CT molecular complexity index is 605. The standard InChI is InChI=1S/C17H21N3O/c1-12(21)16-6-3-13(10-18)9-17(16)20-8-7-14-4-5-15(11-20)19(14)2/h3,6,9,14-15H,4-5,7-8,11H2,1-2H3. The molecule has 2 unspecified atom stereocenters. The molecule has 110 valence electrons. The van der Waals surface area contributed by atoms with Crippen molar-refractivity contribution < 1.29 is 4.79 Å². The molecular formula is C17H21N3O. The molecule has 2 saturated heterocycles. The van der Waals surface area contributed by atoms with Crippen molar-refractivity contribution in [1.82, 2.24) is 4.90 Å². The van der Waals surface area contributed by atoms with Crippen LogP contribution in [0.4, 0.5) is 5.69 Å². The first kappa shape index (κ1) is 14.1. The van der Waals surface area contributed by atoms with Gasteiger partial charge in [-0.15, -0.1) is 0 Å². The molecule has 0 aromatic heterocycles. The van der Waals surface area contributed by atoms with E-state index in [0.717, 1.165) is 30.8 Å². The van der Waals surface area contributed by atoms with Gasteiger partial charge in [-0.25, -0.2) is 0 Å². The Labute approximate surface area is 126 Å². The Kier molecular flexibility index (Phi) is 3.69. The summed E-state index contributed by atoms with van der Waals surface area (Å²) in [5, 5.41) is 9.13. The molecule has 3 rings (SSSR count). The molecule has 2 bridgehead atoms. The first-order valence-corrected chi connectivity index (χ1v) is 7.62. The summed E-state index contributed by atoms with van der Waals surface area (Å²) in [6.07, 6.45) is 3.64. The van der Waals surface area contributed by atoms with Crippen LogP contribution in [0.25, 0.3) is 0 Å². The van der Waals surface area contributed by atoms with Gasteiger partial charge in [-0.05, 0) is 51.4 Å². The van der Waals surface area contributed by atoms with E-state index in [4.69, 9.17) is 5.26 Å². The minimum absolute atomic E-state index is 0.0669. The van der Waals surface area contributed by atoms with Crippen molar-refractivity contribution in [3.63, 3.8) is 0 Å². The van der Waals surface area contributed by atoms with E-state index < -0.39 is 0 Å². The number of fused-ring (bicyclic) bond motifs is 2. The molecule has 2 aliphatic rings. The normalized spacial score (nSPS) is 25.5. The zero-order chi connectivity index (χ0) is 15.0. The summed E-state index contributed by atoms with van der Waals surface area (Å²) in [6, 6.07) is 8.81. The second kappa shape index (κ2) is 5.50. The van der Waals surface area contributed by atoms with E-state index in [0.29, 0.717) is 17.6 Å². The zero-order valence-corrected chi connectivity index (χ0v) is 12.7.